The van der Waals surface area contributed by atoms with Crippen molar-refractivity contribution in [1.82, 2.24) is 4.90 Å². The summed E-state index contributed by atoms with van der Waals surface area (Å²) in [5.74, 6) is 0. The molecule has 0 saturated carbocycles. The SMILES string of the molecule is CCN(CC)C(=S)[S-].[Na+].c1ccc(CCc2ccccc2)cc1. The molecule has 2 rings (SSSR count). The minimum Gasteiger partial charge on any atom is -0.411 e. The molecule has 0 aromatic heterocycles. The van der Waals surface area contributed by atoms with E-state index in [1.807, 2.05) is 18.7 Å². The number of hydrogen-bond acceptors (Lipinski definition) is 2. The van der Waals surface area contributed by atoms with Crippen LogP contribution in [0.1, 0.15) is 25.0 Å². The van der Waals surface area contributed by atoms with Gasteiger partial charge in [0.25, 0.3) is 0 Å². The van der Waals surface area contributed by atoms with Crippen molar-refractivity contribution in [2.24, 2.45) is 0 Å². The van der Waals surface area contributed by atoms with Gasteiger partial charge in [0.05, 0.1) is 0 Å². The van der Waals surface area contributed by atoms with Crippen LogP contribution in [-0.2, 0) is 25.5 Å². The molecule has 2 aromatic carbocycles. The molecule has 1 nitrogen and oxygen atoms in total. The molecule has 0 bridgehead atoms. The van der Waals surface area contributed by atoms with Gasteiger partial charge in [-0.3, -0.25) is 0 Å². The second-order valence-corrected chi connectivity index (χ2v) is 5.94. The second kappa shape index (κ2) is 13.9. The third kappa shape index (κ3) is 10.1. The zero-order valence-corrected chi connectivity index (χ0v) is 18.0. The number of hydrogen-bond donors (Lipinski definition) is 0. The third-order valence-corrected chi connectivity index (χ3v) is 3.93. The van der Waals surface area contributed by atoms with Crippen LogP contribution in [0.4, 0.5) is 0 Å². The molecule has 0 amide bonds. The quantitative estimate of drug-likeness (QED) is 0.457. The van der Waals surface area contributed by atoms with Crippen LogP contribution in [0.5, 0.6) is 0 Å². The zero-order chi connectivity index (χ0) is 16.2. The second-order valence-electron chi connectivity index (χ2n) is 4.91. The summed E-state index contributed by atoms with van der Waals surface area (Å²) >= 11 is 9.51. The van der Waals surface area contributed by atoms with E-state index >= 15 is 0 Å². The van der Waals surface area contributed by atoms with Gasteiger partial charge in [0, 0.05) is 13.1 Å². The molecule has 0 saturated heterocycles. The number of nitrogens with zero attached hydrogens (tertiary/aromatic N) is 1. The Bertz CT molecular complexity index is 488. The molecule has 23 heavy (non-hydrogen) atoms. The molecule has 0 radical (unpaired) electrons. The molecule has 0 heterocycles. The van der Waals surface area contributed by atoms with Crippen molar-refractivity contribution in [3.8, 4) is 0 Å². The van der Waals surface area contributed by atoms with Gasteiger partial charge < -0.3 is 29.7 Å². The Morgan fingerprint density at radius 2 is 1.17 bits per heavy atom. The van der Waals surface area contributed by atoms with Crippen molar-refractivity contribution in [3.63, 3.8) is 0 Å². The van der Waals surface area contributed by atoms with Gasteiger partial charge in [0.1, 0.15) is 0 Å². The van der Waals surface area contributed by atoms with Crippen LogP contribution in [0, 0.1) is 0 Å². The van der Waals surface area contributed by atoms with Crippen molar-refractivity contribution >= 4 is 29.2 Å². The first-order valence-corrected chi connectivity index (χ1v) is 8.52. The van der Waals surface area contributed by atoms with Crippen LogP contribution in [-0.4, -0.2) is 22.3 Å². The van der Waals surface area contributed by atoms with Gasteiger partial charge in [-0.1, -0.05) is 65.0 Å². The molecule has 0 aliphatic heterocycles. The normalized spacial score (nSPS) is 9.13. The van der Waals surface area contributed by atoms with Gasteiger partial charge in [-0.2, -0.15) is 0 Å². The van der Waals surface area contributed by atoms with Crippen LogP contribution in [0.25, 0.3) is 0 Å². The Labute approximate surface area is 174 Å². The summed E-state index contributed by atoms with van der Waals surface area (Å²) in [5, 5.41) is 0. The zero-order valence-electron chi connectivity index (χ0n) is 14.4. The van der Waals surface area contributed by atoms with Gasteiger partial charge in [-0.15, -0.1) is 0 Å². The van der Waals surface area contributed by atoms with Gasteiger partial charge >= 0.3 is 29.6 Å². The average Bonchev–Trinajstić information content (AvgIpc) is 2.56. The molecule has 0 N–H and O–H groups in total. The Morgan fingerprint density at radius 1 is 0.826 bits per heavy atom. The standard InChI is InChI=1S/C14H14.C5H11NS2.Na/c1-3-7-13(8-4-1)11-12-14-9-5-2-6-10-14;1-3-6(4-2)5(7)8;/h1-10H,11-12H2;3-4H2,1-2H3,(H,7,8);/q;;+1/p-1. The molecule has 0 fully saturated rings. The topological polar surface area (TPSA) is 3.24 Å². The van der Waals surface area contributed by atoms with Gasteiger partial charge in [0.2, 0.25) is 0 Å². The largest absolute Gasteiger partial charge is 1.00 e. The molecular formula is C19H24NNaS2. The minimum absolute atomic E-state index is 0. The van der Waals surface area contributed by atoms with E-state index in [-0.39, 0.29) is 29.6 Å². The van der Waals surface area contributed by atoms with Crippen LogP contribution < -0.4 is 29.6 Å². The van der Waals surface area contributed by atoms with Crippen molar-refractivity contribution in [1.29, 1.82) is 0 Å². The summed E-state index contributed by atoms with van der Waals surface area (Å²) < 4.78 is 0.579. The Balaban J connectivity index is 0.000000469. The predicted molar refractivity (Wildman–Crippen MR) is 103 cm³/mol. The summed E-state index contributed by atoms with van der Waals surface area (Å²) in [5.41, 5.74) is 2.83. The van der Waals surface area contributed by atoms with Gasteiger partial charge in [0.15, 0.2) is 0 Å². The molecule has 118 valence electrons. The fraction of sp³-hybridized carbons (Fsp3) is 0.316. The predicted octanol–water partition coefficient (Wildman–Crippen LogP) is 1.64. The van der Waals surface area contributed by atoms with Crippen LogP contribution in [0.3, 0.4) is 0 Å². The third-order valence-electron chi connectivity index (χ3n) is 3.41. The Morgan fingerprint density at radius 3 is 1.39 bits per heavy atom. The monoisotopic (exact) mass is 353 g/mol. The van der Waals surface area contributed by atoms with Crippen molar-refractivity contribution < 1.29 is 29.6 Å². The van der Waals surface area contributed by atoms with E-state index < -0.39 is 0 Å². The van der Waals surface area contributed by atoms with Crippen molar-refractivity contribution in [2.45, 2.75) is 26.7 Å². The Hall–Kier alpha value is -0.450. The minimum atomic E-state index is 0. The molecule has 0 unspecified atom stereocenters. The van der Waals surface area contributed by atoms with Gasteiger partial charge in [-0.25, -0.2) is 0 Å². The molecule has 0 aliphatic carbocycles. The van der Waals surface area contributed by atoms with E-state index in [9.17, 15) is 0 Å². The van der Waals surface area contributed by atoms with E-state index in [2.05, 4.69) is 60.7 Å². The number of rotatable bonds is 5. The summed E-state index contributed by atoms with van der Waals surface area (Å²) in [6, 6.07) is 21.2. The van der Waals surface area contributed by atoms with E-state index in [0.717, 1.165) is 25.9 Å². The molecule has 0 spiro atoms. The van der Waals surface area contributed by atoms with E-state index in [1.54, 1.807) is 0 Å². The fourth-order valence-electron chi connectivity index (χ4n) is 2.06. The fourth-order valence-corrected chi connectivity index (χ4v) is 2.58. The van der Waals surface area contributed by atoms with E-state index in [1.165, 1.54) is 11.1 Å². The average molecular weight is 354 g/mol. The first kappa shape index (κ1) is 22.6. The number of thiocarbonyl (C=S) groups is 1. The van der Waals surface area contributed by atoms with Crippen molar-refractivity contribution in [2.75, 3.05) is 13.1 Å². The van der Waals surface area contributed by atoms with Gasteiger partial charge in [-0.05, 0) is 37.8 Å². The first-order valence-electron chi connectivity index (χ1n) is 7.71. The van der Waals surface area contributed by atoms with Crippen LogP contribution >= 0.6 is 12.2 Å². The Kier molecular flexibility index (Phi) is 13.7. The van der Waals surface area contributed by atoms with Crippen molar-refractivity contribution in [3.05, 3.63) is 71.8 Å². The molecule has 4 heteroatoms. The molecule has 2 aromatic rings. The molecule has 0 atom stereocenters. The maximum absolute atomic E-state index is 4.76. The summed E-state index contributed by atoms with van der Waals surface area (Å²) in [6.07, 6.45) is 2.26. The maximum atomic E-state index is 4.76. The van der Waals surface area contributed by atoms with E-state index in [0.29, 0.717) is 4.32 Å². The number of benzene rings is 2. The molecule has 0 aliphatic rings. The summed E-state index contributed by atoms with van der Waals surface area (Å²) in [7, 11) is 0. The van der Waals surface area contributed by atoms with Crippen LogP contribution in [0.2, 0.25) is 0 Å². The summed E-state index contributed by atoms with van der Waals surface area (Å²) in [4.78, 5) is 1.96. The van der Waals surface area contributed by atoms with Crippen LogP contribution in [0.15, 0.2) is 60.7 Å². The first-order chi connectivity index (χ1) is 10.7. The van der Waals surface area contributed by atoms with E-state index in [4.69, 9.17) is 24.8 Å². The summed E-state index contributed by atoms with van der Waals surface area (Å²) in [6.45, 7) is 5.95. The smallest absolute Gasteiger partial charge is 0.411 e. The maximum Gasteiger partial charge on any atom is 1.00 e. The molecular weight excluding hydrogens is 329 g/mol. The number of aryl methyl sites for hydroxylation is 2.